The van der Waals surface area contributed by atoms with E-state index in [1.54, 1.807) is 49.6 Å². The van der Waals surface area contributed by atoms with Gasteiger partial charge in [0.25, 0.3) is 10.0 Å². The largest absolute Gasteiger partial charge is 0.497 e. The average Bonchev–Trinajstić information content (AvgIpc) is 2.93. The maximum Gasteiger partial charge on any atom is 0.264 e. The maximum absolute atomic E-state index is 14.0. The molecule has 208 valence electrons. The lowest BCUT2D eigenvalue weighted by atomic mass is 10.1. The van der Waals surface area contributed by atoms with Gasteiger partial charge >= 0.3 is 0 Å². The normalized spacial score (nSPS) is 11.9. The molecule has 8 nitrogen and oxygen atoms in total. The second kappa shape index (κ2) is 12.8. The van der Waals surface area contributed by atoms with Crippen LogP contribution >= 0.6 is 0 Å². The van der Waals surface area contributed by atoms with Crippen LogP contribution in [-0.2, 0) is 26.2 Å². The third kappa shape index (κ3) is 6.97. The number of rotatable bonds is 11. The molecule has 0 heterocycles. The number of anilines is 1. The zero-order valence-corrected chi connectivity index (χ0v) is 24.2. The zero-order valence-electron chi connectivity index (χ0n) is 23.4. The number of ether oxygens (including phenoxy) is 1. The number of carbonyl (C=O) groups is 2. The number of hydrogen-bond acceptors (Lipinski definition) is 5. The molecular weight excluding hydrogens is 514 g/mol. The molecule has 0 fully saturated rings. The lowest BCUT2D eigenvalue weighted by Gasteiger charge is -2.33. The van der Waals surface area contributed by atoms with Crippen molar-refractivity contribution in [3.63, 3.8) is 0 Å². The minimum Gasteiger partial charge on any atom is -0.497 e. The van der Waals surface area contributed by atoms with Crippen molar-refractivity contribution >= 4 is 27.5 Å². The zero-order chi connectivity index (χ0) is 28.7. The summed E-state index contributed by atoms with van der Waals surface area (Å²) in [6.07, 6.45) is 0.351. The predicted octanol–water partition coefficient (Wildman–Crippen LogP) is 4.37. The molecule has 2 amide bonds. The topological polar surface area (TPSA) is 96.0 Å². The molecule has 0 radical (unpaired) electrons. The Kier molecular flexibility index (Phi) is 9.75. The molecule has 0 aromatic heterocycles. The van der Waals surface area contributed by atoms with E-state index in [1.165, 1.54) is 24.1 Å². The maximum atomic E-state index is 14.0. The summed E-state index contributed by atoms with van der Waals surface area (Å²) in [5, 5.41) is 2.63. The summed E-state index contributed by atoms with van der Waals surface area (Å²) in [5.41, 5.74) is 3.95. The quantitative estimate of drug-likeness (QED) is 0.382. The van der Waals surface area contributed by atoms with Gasteiger partial charge in [0, 0.05) is 13.6 Å². The van der Waals surface area contributed by atoms with Gasteiger partial charge in [-0.2, -0.15) is 0 Å². The van der Waals surface area contributed by atoms with Gasteiger partial charge in [-0.3, -0.25) is 13.9 Å². The van der Waals surface area contributed by atoms with Crippen molar-refractivity contribution in [1.29, 1.82) is 0 Å². The minimum atomic E-state index is -4.11. The summed E-state index contributed by atoms with van der Waals surface area (Å²) in [4.78, 5) is 28.3. The van der Waals surface area contributed by atoms with Crippen molar-refractivity contribution in [3.05, 3.63) is 89.0 Å². The van der Waals surface area contributed by atoms with Gasteiger partial charge in [0.05, 0.1) is 17.7 Å². The van der Waals surface area contributed by atoms with Crippen LogP contribution < -0.4 is 14.4 Å². The lowest BCUT2D eigenvalue weighted by Crippen LogP contribution is -2.51. The number of carbonyl (C=O) groups excluding carboxylic acids is 2. The first-order valence-corrected chi connectivity index (χ1v) is 14.3. The van der Waals surface area contributed by atoms with E-state index in [0.29, 0.717) is 17.9 Å². The van der Waals surface area contributed by atoms with Gasteiger partial charge in [-0.05, 0) is 80.3 Å². The number of nitrogens with zero attached hydrogens (tertiary/aromatic N) is 2. The van der Waals surface area contributed by atoms with Crippen molar-refractivity contribution in [1.82, 2.24) is 10.2 Å². The molecule has 0 bridgehead atoms. The standard InChI is InChI=1S/C30H37N3O5S/c1-7-28(30(35)31-5)32(19-24-9-8-10-26(18-24)38-6)29(34)20-33(25-14-13-22(3)23(4)17-25)39(36,37)27-15-11-21(2)12-16-27/h8-18,28H,7,19-20H2,1-6H3,(H,31,35). The Labute approximate surface area is 231 Å². The fraction of sp³-hybridized carbons (Fsp3) is 0.333. The number of methoxy groups -OCH3 is 1. The van der Waals surface area contributed by atoms with E-state index in [0.717, 1.165) is 26.6 Å². The summed E-state index contributed by atoms with van der Waals surface area (Å²) in [5.74, 6) is -0.207. The van der Waals surface area contributed by atoms with E-state index in [1.807, 2.05) is 39.8 Å². The summed E-state index contributed by atoms with van der Waals surface area (Å²) in [6.45, 7) is 7.15. The highest BCUT2D eigenvalue weighted by Gasteiger charge is 2.33. The third-order valence-electron chi connectivity index (χ3n) is 6.79. The fourth-order valence-corrected chi connectivity index (χ4v) is 5.71. The van der Waals surface area contributed by atoms with Gasteiger partial charge < -0.3 is 15.0 Å². The van der Waals surface area contributed by atoms with E-state index < -0.39 is 28.5 Å². The molecule has 9 heteroatoms. The van der Waals surface area contributed by atoms with Gasteiger partial charge in [-0.15, -0.1) is 0 Å². The fourth-order valence-electron chi connectivity index (χ4n) is 4.30. The van der Waals surface area contributed by atoms with E-state index in [-0.39, 0.29) is 17.3 Å². The van der Waals surface area contributed by atoms with E-state index in [4.69, 9.17) is 4.74 Å². The first-order chi connectivity index (χ1) is 18.5. The summed E-state index contributed by atoms with van der Waals surface area (Å²) < 4.78 is 34.3. The van der Waals surface area contributed by atoms with Gasteiger partial charge in [0.15, 0.2) is 0 Å². The van der Waals surface area contributed by atoms with Gasteiger partial charge in [0.2, 0.25) is 11.8 Å². The van der Waals surface area contributed by atoms with Crippen LogP contribution in [0.5, 0.6) is 5.75 Å². The molecule has 0 aliphatic carbocycles. The first-order valence-electron chi connectivity index (χ1n) is 12.8. The average molecular weight is 552 g/mol. The summed E-state index contributed by atoms with van der Waals surface area (Å²) in [6, 6.07) is 18.3. The van der Waals surface area contributed by atoms with Gasteiger partial charge in [0.1, 0.15) is 18.3 Å². The molecule has 1 atom stereocenters. The van der Waals surface area contributed by atoms with Crippen molar-refractivity contribution in [2.45, 2.75) is 51.6 Å². The monoisotopic (exact) mass is 551 g/mol. The summed E-state index contributed by atoms with van der Waals surface area (Å²) in [7, 11) is -1.03. The molecule has 0 aliphatic rings. The van der Waals surface area contributed by atoms with E-state index >= 15 is 0 Å². The Hall–Kier alpha value is -3.85. The van der Waals surface area contributed by atoms with Crippen LogP contribution in [0.2, 0.25) is 0 Å². The molecule has 0 spiro atoms. The predicted molar refractivity (Wildman–Crippen MR) is 153 cm³/mol. The van der Waals surface area contributed by atoms with Crippen LogP contribution in [0.4, 0.5) is 5.69 Å². The Balaban J connectivity index is 2.09. The van der Waals surface area contributed by atoms with Crippen LogP contribution in [0.15, 0.2) is 71.6 Å². The second-order valence-electron chi connectivity index (χ2n) is 9.50. The third-order valence-corrected chi connectivity index (χ3v) is 8.57. The minimum absolute atomic E-state index is 0.0804. The van der Waals surface area contributed by atoms with Crippen molar-refractivity contribution in [3.8, 4) is 5.75 Å². The molecule has 39 heavy (non-hydrogen) atoms. The van der Waals surface area contributed by atoms with Crippen molar-refractivity contribution in [2.24, 2.45) is 0 Å². The molecule has 1 N–H and O–H groups in total. The van der Waals surface area contributed by atoms with Crippen LogP contribution in [0, 0.1) is 20.8 Å². The van der Waals surface area contributed by atoms with Crippen molar-refractivity contribution in [2.75, 3.05) is 25.0 Å². The van der Waals surface area contributed by atoms with Crippen LogP contribution in [0.3, 0.4) is 0 Å². The number of benzene rings is 3. The van der Waals surface area contributed by atoms with Crippen LogP contribution in [0.25, 0.3) is 0 Å². The number of nitrogens with one attached hydrogen (secondary N) is 1. The highest BCUT2D eigenvalue weighted by Crippen LogP contribution is 2.27. The Morgan fingerprint density at radius 2 is 1.64 bits per heavy atom. The number of sulfonamides is 1. The molecule has 0 aliphatic heterocycles. The van der Waals surface area contributed by atoms with Crippen LogP contribution in [0.1, 0.15) is 35.6 Å². The molecule has 0 saturated heterocycles. The Morgan fingerprint density at radius 1 is 0.949 bits per heavy atom. The van der Waals surface area contributed by atoms with Crippen molar-refractivity contribution < 1.29 is 22.7 Å². The van der Waals surface area contributed by atoms with Gasteiger partial charge in [-0.1, -0.05) is 42.8 Å². The molecule has 3 aromatic rings. The van der Waals surface area contributed by atoms with E-state index in [2.05, 4.69) is 5.32 Å². The van der Waals surface area contributed by atoms with E-state index in [9.17, 15) is 18.0 Å². The smallest absolute Gasteiger partial charge is 0.264 e. The first kappa shape index (κ1) is 29.7. The summed E-state index contributed by atoms with van der Waals surface area (Å²) >= 11 is 0. The molecule has 1 unspecified atom stereocenters. The number of likely N-dealkylation sites (N-methyl/N-ethyl adjacent to an activating group) is 1. The number of amides is 2. The SMILES string of the molecule is CCC(C(=O)NC)N(Cc1cccc(OC)c1)C(=O)CN(c1ccc(C)c(C)c1)S(=O)(=O)c1ccc(C)cc1. The molecule has 3 aromatic carbocycles. The van der Waals surface area contributed by atoms with Crippen LogP contribution in [-0.4, -0.2) is 51.9 Å². The molecular formula is C30H37N3O5S. The lowest BCUT2D eigenvalue weighted by molar-refractivity contribution is -0.140. The number of hydrogen-bond donors (Lipinski definition) is 1. The number of aryl methyl sites for hydroxylation is 3. The van der Waals surface area contributed by atoms with Gasteiger partial charge in [-0.25, -0.2) is 8.42 Å². The second-order valence-corrected chi connectivity index (χ2v) is 11.4. The highest BCUT2D eigenvalue weighted by molar-refractivity contribution is 7.92. The Bertz CT molecular complexity index is 1420. The molecule has 0 saturated carbocycles. The Morgan fingerprint density at radius 3 is 2.23 bits per heavy atom. The highest BCUT2D eigenvalue weighted by atomic mass is 32.2. The molecule has 3 rings (SSSR count).